The summed E-state index contributed by atoms with van der Waals surface area (Å²) in [6.07, 6.45) is 4.96. The van der Waals surface area contributed by atoms with Gasteiger partial charge in [0, 0.05) is 45.3 Å². The number of carbonyl (C=O) groups excluding carboxylic acids is 1. The molecular formula is C24H27FN4O2. The van der Waals surface area contributed by atoms with Crippen LogP contribution in [0.15, 0.2) is 60.9 Å². The van der Waals surface area contributed by atoms with Crippen molar-refractivity contribution in [2.45, 2.75) is 19.4 Å². The molecule has 0 saturated carbocycles. The fourth-order valence-electron chi connectivity index (χ4n) is 3.84. The maximum Gasteiger partial charge on any atom is 0.222 e. The van der Waals surface area contributed by atoms with Crippen LogP contribution in [0.2, 0.25) is 0 Å². The van der Waals surface area contributed by atoms with Crippen molar-refractivity contribution < 1.29 is 13.9 Å². The molecule has 162 valence electrons. The lowest BCUT2D eigenvalue weighted by Crippen LogP contribution is -2.48. The van der Waals surface area contributed by atoms with Crippen molar-refractivity contribution in [2.24, 2.45) is 0 Å². The van der Waals surface area contributed by atoms with Gasteiger partial charge in [-0.2, -0.15) is 5.10 Å². The highest BCUT2D eigenvalue weighted by atomic mass is 19.1. The number of aryl methyl sites for hydroxylation is 1. The van der Waals surface area contributed by atoms with Crippen molar-refractivity contribution >= 4 is 5.91 Å². The maximum atomic E-state index is 13.9. The number of aromatic nitrogens is 2. The van der Waals surface area contributed by atoms with Gasteiger partial charge in [0.15, 0.2) is 11.6 Å². The van der Waals surface area contributed by atoms with Crippen LogP contribution in [0, 0.1) is 5.82 Å². The molecule has 0 N–H and O–H groups in total. The molecule has 1 aliphatic rings. The Morgan fingerprint density at radius 1 is 1.06 bits per heavy atom. The monoisotopic (exact) mass is 422 g/mol. The van der Waals surface area contributed by atoms with Crippen LogP contribution >= 0.6 is 0 Å². The summed E-state index contributed by atoms with van der Waals surface area (Å²) in [5, 5.41) is 4.39. The molecule has 1 saturated heterocycles. The minimum Gasteiger partial charge on any atom is -0.494 e. The number of halogens is 1. The number of hydrogen-bond donors (Lipinski definition) is 0. The molecule has 31 heavy (non-hydrogen) atoms. The summed E-state index contributed by atoms with van der Waals surface area (Å²) < 4.78 is 20.7. The summed E-state index contributed by atoms with van der Waals surface area (Å²) in [5.74, 6) is 0.0838. The van der Waals surface area contributed by atoms with E-state index in [-0.39, 0.29) is 17.5 Å². The zero-order chi connectivity index (χ0) is 21.6. The zero-order valence-corrected chi connectivity index (χ0v) is 17.7. The molecule has 0 bridgehead atoms. The van der Waals surface area contributed by atoms with E-state index in [1.54, 1.807) is 6.07 Å². The van der Waals surface area contributed by atoms with Crippen LogP contribution in [-0.2, 0) is 17.8 Å². The summed E-state index contributed by atoms with van der Waals surface area (Å²) in [6.45, 7) is 3.62. The lowest BCUT2D eigenvalue weighted by atomic mass is 10.1. The van der Waals surface area contributed by atoms with Gasteiger partial charge in [-0.15, -0.1) is 0 Å². The molecule has 2 aromatic carbocycles. The summed E-state index contributed by atoms with van der Waals surface area (Å²) in [5.41, 5.74) is 2.97. The minimum atomic E-state index is -0.343. The van der Waals surface area contributed by atoms with Crippen LogP contribution in [0.1, 0.15) is 17.5 Å². The number of carbonyl (C=O) groups is 1. The molecular weight excluding hydrogens is 395 g/mol. The summed E-state index contributed by atoms with van der Waals surface area (Å²) >= 11 is 0. The van der Waals surface area contributed by atoms with Crippen molar-refractivity contribution in [2.75, 3.05) is 33.3 Å². The number of amides is 1. The quantitative estimate of drug-likeness (QED) is 0.586. The molecule has 6 nitrogen and oxygen atoms in total. The number of benzene rings is 2. The number of hydrogen-bond acceptors (Lipinski definition) is 4. The fourth-order valence-corrected chi connectivity index (χ4v) is 3.84. The number of piperazine rings is 1. The van der Waals surface area contributed by atoms with Gasteiger partial charge in [-0.25, -0.2) is 9.07 Å². The second-order valence-corrected chi connectivity index (χ2v) is 7.75. The number of methoxy groups -OCH3 is 1. The lowest BCUT2D eigenvalue weighted by Gasteiger charge is -2.34. The van der Waals surface area contributed by atoms with Gasteiger partial charge in [0.25, 0.3) is 0 Å². The van der Waals surface area contributed by atoms with Gasteiger partial charge in [-0.1, -0.05) is 24.3 Å². The van der Waals surface area contributed by atoms with Crippen LogP contribution in [-0.4, -0.2) is 58.8 Å². The molecule has 0 aliphatic carbocycles. The third-order valence-electron chi connectivity index (χ3n) is 5.63. The molecule has 1 aliphatic heterocycles. The standard InChI is InChI=1S/C24H27FN4O2/c1-31-23-9-7-19(15-22(23)25)17-27-11-13-28(14-12-27)24(30)10-8-20-16-26-29(18-20)21-5-3-2-4-6-21/h2-7,9,15-16,18H,8,10-14,17H2,1H3. The van der Waals surface area contributed by atoms with E-state index in [1.165, 1.54) is 13.2 Å². The van der Waals surface area contributed by atoms with E-state index in [2.05, 4.69) is 10.00 Å². The Labute approximate surface area is 181 Å². The number of ether oxygens (including phenoxy) is 1. The van der Waals surface area contributed by atoms with Gasteiger partial charge < -0.3 is 9.64 Å². The lowest BCUT2D eigenvalue weighted by molar-refractivity contribution is -0.133. The van der Waals surface area contributed by atoms with Crippen molar-refractivity contribution in [3.63, 3.8) is 0 Å². The van der Waals surface area contributed by atoms with Gasteiger partial charge in [-0.05, 0) is 41.8 Å². The average Bonchev–Trinajstić information content (AvgIpc) is 3.28. The summed E-state index contributed by atoms with van der Waals surface area (Å²) in [6, 6.07) is 15.0. The SMILES string of the molecule is COc1ccc(CN2CCN(C(=O)CCc3cnn(-c4ccccc4)c3)CC2)cc1F. The van der Waals surface area contributed by atoms with Gasteiger partial charge in [-0.3, -0.25) is 9.69 Å². The van der Waals surface area contributed by atoms with E-state index >= 15 is 0 Å². The first-order chi connectivity index (χ1) is 15.1. The highest BCUT2D eigenvalue weighted by Gasteiger charge is 2.21. The molecule has 0 radical (unpaired) electrons. The van der Waals surface area contributed by atoms with Crippen LogP contribution in [0.4, 0.5) is 4.39 Å². The molecule has 7 heteroatoms. The van der Waals surface area contributed by atoms with Gasteiger partial charge in [0.2, 0.25) is 5.91 Å². The third kappa shape index (κ3) is 5.30. The van der Waals surface area contributed by atoms with Crippen LogP contribution < -0.4 is 4.74 Å². The van der Waals surface area contributed by atoms with Crippen LogP contribution in [0.5, 0.6) is 5.75 Å². The van der Waals surface area contributed by atoms with Crippen LogP contribution in [0.3, 0.4) is 0 Å². The number of nitrogens with zero attached hydrogens (tertiary/aromatic N) is 4. The molecule has 0 unspecified atom stereocenters. The molecule has 3 aromatic rings. The first-order valence-corrected chi connectivity index (χ1v) is 10.5. The van der Waals surface area contributed by atoms with Crippen LogP contribution in [0.25, 0.3) is 5.69 Å². The molecule has 1 amide bonds. The summed E-state index contributed by atoms with van der Waals surface area (Å²) in [4.78, 5) is 16.8. The van der Waals surface area contributed by atoms with Crippen molar-refractivity contribution in [1.82, 2.24) is 19.6 Å². The van der Waals surface area contributed by atoms with Gasteiger partial charge in [0.1, 0.15) is 0 Å². The number of para-hydroxylation sites is 1. The van der Waals surface area contributed by atoms with E-state index in [4.69, 9.17) is 4.74 Å². The first kappa shape index (κ1) is 21.1. The van der Waals surface area contributed by atoms with Gasteiger partial charge >= 0.3 is 0 Å². The Bertz CT molecular complexity index is 1010. The van der Waals surface area contributed by atoms with E-state index < -0.39 is 0 Å². The highest BCUT2D eigenvalue weighted by Crippen LogP contribution is 2.19. The first-order valence-electron chi connectivity index (χ1n) is 10.5. The predicted octanol–water partition coefficient (Wildman–Crippen LogP) is 3.30. The summed E-state index contributed by atoms with van der Waals surface area (Å²) in [7, 11) is 1.46. The Balaban J connectivity index is 1.23. The predicted molar refractivity (Wildman–Crippen MR) is 117 cm³/mol. The normalized spacial score (nSPS) is 14.6. The second kappa shape index (κ2) is 9.75. The second-order valence-electron chi connectivity index (χ2n) is 7.75. The average molecular weight is 423 g/mol. The topological polar surface area (TPSA) is 50.6 Å². The molecule has 2 heterocycles. The Morgan fingerprint density at radius 2 is 1.84 bits per heavy atom. The Kier molecular flexibility index (Phi) is 6.62. The zero-order valence-electron chi connectivity index (χ0n) is 17.7. The van der Waals surface area contributed by atoms with E-state index in [0.29, 0.717) is 32.5 Å². The molecule has 0 atom stereocenters. The third-order valence-corrected chi connectivity index (χ3v) is 5.63. The van der Waals surface area contributed by atoms with E-state index in [1.807, 2.05) is 58.4 Å². The van der Waals surface area contributed by atoms with Crippen molar-refractivity contribution in [3.8, 4) is 11.4 Å². The smallest absolute Gasteiger partial charge is 0.222 e. The maximum absolute atomic E-state index is 13.9. The molecule has 4 rings (SSSR count). The minimum absolute atomic E-state index is 0.169. The number of rotatable bonds is 7. The Hall–Kier alpha value is -3.19. The Morgan fingerprint density at radius 3 is 2.55 bits per heavy atom. The highest BCUT2D eigenvalue weighted by molar-refractivity contribution is 5.76. The molecule has 1 fully saturated rings. The van der Waals surface area contributed by atoms with Gasteiger partial charge in [0.05, 0.1) is 19.0 Å². The largest absolute Gasteiger partial charge is 0.494 e. The van der Waals surface area contributed by atoms with E-state index in [9.17, 15) is 9.18 Å². The molecule has 0 spiro atoms. The molecule has 1 aromatic heterocycles. The van der Waals surface area contributed by atoms with Crippen molar-refractivity contribution in [3.05, 3.63) is 77.9 Å². The fraction of sp³-hybridized carbons (Fsp3) is 0.333. The van der Waals surface area contributed by atoms with E-state index in [0.717, 1.165) is 29.9 Å². The van der Waals surface area contributed by atoms with Crippen molar-refractivity contribution in [1.29, 1.82) is 0 Å².